The molecule has 0 radical (unpaired) electrons. The summed E-state index contributed by atoms with van der Waals surface area (Å²) in [6, 6.07) is 0.449. The fourth-order valence-corrected chi connectivity index (χ4v) is 3.52. The SMILES string of the molecule is CN=C(NCCCc1cnn(C)c1)N1CCC(C)C(n2ccnc2)C1. The zero-order valence-electron chi connectivity index (χ0n) is 15.5. The summed E-state index contributed by atoms with van der Waals surface area (Å²) < 4.78 is 4.08. The number of nitrogens with zero attached hydrogens (tertiary/aromatic N) is 6. The summed E-state index contributed by atoms with van der Waals surface area (Å²) in [5.74, 6) is 1.65. The Balaban J connectivity index is 1.50. The average molecular weight is 343 g/mol. The normalized spacial score (nSPS) is 21.6. The number of guanidine groups is 1. The molecule has 136 valence electrons. The van der Waals surface area contributed by atoms with Crippen molar-refractivity contribution in [2.24, 2.45) is 18.0 Å². The average Bonchev–Trinajstić information content (AvgIpc) is 3.28. The van der Waals surface area contributed by atoms with E-state index in [1.54, 1.807) is 0 Å². The minimum Gasteiger partial charge on any atom is -0.356 e. The first-order valence-corrected chi connectivity index (χ1v) is 9.08. The third-order valence-electron chi connectivity index (χ3n) is 5.02. The Bertz CT molecular complexity index is 673. The zero-order valence-corrected chi connectivity index (χ0v) is 15.5. The van der Waals surface area contributed by atoms with Gasteiger partial charge in [-0.3, -0.25) is 9.67 Å². The summed E-state index contributed by atoms with van der Waals surface area (Å²) in [5, 5.41) is 7.74. The van der Waals surface area contributed by atoms with E-state index in [0.717, 1.165) is 38.4 Å². The Hall–Kier alpha value is -2.31. The van der Waals surface area contributed by atoms with Crippen molar-refractivity contribution in [3.8, 4) is 0 Å². The van der Waals surface area contributed by atoms with Gasteiger partial charge >= 0.3 is 0 Å². The number of rotatable bonds is 5. The Kier molecular flexibility index (Phi) is 5.73. The van der Waals surface area contributed by atoms with Gasteiger partial charge in [-0.25, -0.2) is 4.98 Å². The molecule has 0 spiro atoms. The van der Waals surface area contributed by atoms with Crippen molar-refractivity contribution < 1.29 is 0 Å². The first kappa shape index (κ1) is 17.5. The van der Waals surface area contributed by atoms with E-state index in [0.29, 0.717) is 12.0 Å². The van der Waals surface area contributed by atoms with Gasteiger partial charge in [0.2, 0.25) is 0 Å². The zero-order chi connectivity index (χ0) is 17.6. The molecule has 2 aromatic heterocycles. The molecule has 0 bridgehead atoms. The molecule has 1 saturated heterocycles. The van der Waals surface area contributed by atoms with Gasteiger partial charge in [-0.2, -0.15) is 5.10 Å². The Morgan fingerprint density at radius 3 is 3.00 bits per heavy atom. The van der Waals surface area contributed by atoms with Crippen LogP contribution in [0.15, 0.2) is 36.1 Å². The van der Waals surface area contributed by atoms with E-state index in [9.17, 15) is 0 Å². The van der Waals surface area contributed by atoms with Crippen molar-refractivity contribution in [3.05, 3.63) is 36.7 Å². The van der Waals surface area contributed by atoms with E-state index in [1.807, 2.05) is 37.5 Å². The smallest absolute Gasteiger partial charge is 0.193 e. The van der Waals surface area contributed by atoms with E-state index in [1.165, 1.54) is 12.0 Å². The van der Waals surface area contributed by atoms with E-state index in [2.05, 4.69) is 49.2 Å². The van der Waals surface area contributed by atoms with Crippen LogP contribution in [0.25, 0.3) is 0 Å². The highest BCUT2D eigenvalue weighted by molar-refractivity contribution is 5.80. The number of aromatic nitrogens is 4. The Labute approximate surface area is 149 Å². The number of nitrogens with one attached hydrogen (secondary N) is 1. The summed E-state index contributed by atoms with van der Waals surface area (Å²) >= 11 is 0. The third kappa shape index (κ3) is 4.41. The Morgan fingerprint density at radius 1 is 1.44 bits per heavy atom. The standard InChI is InChI=1S/C18H29N7/c1-15-6-9-24(13-17(15)25-10-8-20-14-25)18(19-2)21-7-4-5-16-11-22-23(3)12-16/h8,10-12,14-15,17H,4-7,9,13H2,1-3H3,(H,19,21). The lowest BCUT2D eigenvalue weighted by Crippen LogP contribution is -2.49. The number of piperidine rings is 1. The molecule has 25 heavy (non-hydrogen) atoms. The maximum absolute atomic E-state index is 4.49. The lowest BCUT2D eigenvalue weighted by Gasteiger charge is -2.39. The molecule has 7 heteroatoms. The molecule has 1 aliphatic heterocycles. The van der Waals surface area contributed by atoms with E-state index < -0.39 is 0 Å². The summed E-state index contributed by atoms with van der Waals surface area (Å²) in [7, 11) is 3.82. The molecular formula is C18H29N7. The fourth-order valence-electron chi connectivity index (χ4n) is 3.52. The molecule has 0 aliphatic carbocycles. The van der Waals surface area contributed by atoms with Crippen molar-refractivity contribution in [2.75, 3.05) is 26.7 Å². The van der Waals surface area contributed by atoms with Crippen molar-refractivity contribution in [1.82, 2.24) is 29.5 Å². The largest absolute Gasteiger partial charge is 0.356 e. The van der Waals surface area contributed by atoms with E-state index >= 15 is 0 Å². The quantitative estimate of drug-likeness (QED) is 0.510. The summed E-state index contributed by atoms with van der Waals surface area (Å²) in [4.78, 5) is 11.1. The van der Waals surface area contributed by atoms with Gasteiger partial charge in [0.25, 0.3) is 0 Å². The lowest BCUT2D eigenvalue weighted by atomic mass is 9.93. The van der Waals surface area contributed by atoms with Crippen LogP contribution in [-0.4, -0.2) is 56.9 Å². The van der Waals surface area contributed by atoms with Crippen LogP contribution in [0.5, 0.6) is 0 Å². The van der Waals surface area contributed by atoms with Crippen LogP contribution < -0.4 is 5.32 Å². The molecule has 2 aromatic rings. The minimum atomic E-state index is 0.449. The highest BCUT2D eigenvalue weighted by atomic mass is 15.3. The topological polar surface area (TPSA) is 63.3 Å². The monoisotopic (exact) mass is 343 g/mol. The molecule has 0 aromatic carbocycles. The van der Waals surface area contributed by atoms with Crippen LogP contribution in [0, 0.1) is 5.92 Å². The van der Waals surface area contributed by atoms with Gasteiger partial charge in [0.05, 0.1) is 18.6 Å². The number of likely N-dealkylation sites (tertiary alicyclic amines) is 1. The second-order valence-corrected chi connectivity index (χ2v) is 6.89. The summed E-state index contributed by atoms with van der Waals surface area (Å²) in [6.07, 6.45) is 13.1. The molecule has 0 saturated carbocycles. The van der Waals surface area contributed by atoms with Gasteiger partial charge < -0.3 is 14.8 Å². The van der Waals surface area contributed by atoms with Gasteiger partial charge in [-0.1, -0.05) is 6.92 Å². The summed E-state index contributed by atoms with van der Waals surface area (Å²) in [6.45, 7) is 5.27. The van der Waals surface area contributed by atoms with Crippen molar-refractivity contribution in [3.63, 3.8) is 0 Å². The minimum absolute atomic E-state index is 0.449. The maximum Gasteiger partial charge on any atom is 0.193 e. The predicted octanol–water partition coefficient (Wildman–Crippen LogP) is 1.71. The highest BCUT2D eigenvalue weighted by Gasteiger charge is 2.28. The van der Waals surface area contributed by atoms with Gasteiger partial charge in [-0.05, 0) is 30.7 Å². The van der Waals surface area contributed by atoms with Crippen LogP contribution in [-0.2, 0) is 13.5 Å². The van der Waals surface area contributed by atoms with Crippen LogP contribution >= 0.6 is 0 Å². The lowest BCUT2D eigenvalue weighted by molar-refractivity contribution is 0.189. The Morgan fingerprint density at radius 2 is 2.32 bits per heavy atom. The van der Waals surface area contributed by atoms with E-state index in [-0.39, 0.29) is 0 Å². The van der Waals surface area contributed by atoms with Gasteiger partial charge in [0, 0.05) is 52.3 Å². The molecule has 2 unspecified atom stereocenters. The van der Waals surface area contributed by atoms with Crippen molar-refractivity contribution >= 4 is 5.96 Å². The molecule has 0 amide bonds. The first-order valence-electron chi connectivity index (χ1n) is 9.08. The van der Waals surface area contributed by atoms with Gasteiger partial charge in [-0.15, -0.1) is 0 Å². The second-order valence-electron chi connectivity index (χ2n) is 6.89. The fraction of sp³-hybridized carbons (Fsp3) is 0.611. The number of hydrogen-bond acceptors (Lipinski definition) is 3. The maximum atomic E-state index is 4.49. The van der Waals surface area contributed by atoms with Gasteiger partial charge in [0.15, 0.2) is 5.96 Å². The van der Waals surface area contributed by atoms with E-state index in [4.69, 9.17) is 0 Å². The van der Waals surface area contributed by atoms with Crippen LogP contribution in [0.1, 0.15) is 31.4 Å². The summed E-state index contributed by atoms with van der Waals surface area (Å²) in [5.41, 5.74) is 1.28. The predicted molar refractivity (Wildman–Crippen MR) is 99.5 cm³/mol. The van der Waals surface area contributed by atoms with Crippen LogP contribution in [0.3, 0.4) is 0 Å². The first-order chi connectivity index (χ1) is 12.2. The molecule has 3 rings (SSSR count). The molecule has 1 N–H and O–H groups in total. The molecule has 1 fully saturated rings. The van der Waals surface area contributed by atoms with Crippen molar-refractivity contribution in [1.29, 1.82) is 0 Å². The second kappa shape index (κ2) is 8.18. The van der Waals surface area contributed by atoms with Gasteiger partial charge in [0.1, 0.15) is 0 Å². The molecule has 7 nitrogen and oxygen atoms in total. The highest BCUT2D eigenvalue weighted by Crippen LogP contribution is 2.27. The number of hydrogen-bond donors (Lipinski definition) is 1. The molecule has 1 aliphatic rings. The number of imidazole rings is 1. The van der Waals surface area contributed by atoms with Crippen LogP contribution in [0.4, 0.5) is 0 Å². The molecule has 2 atom stereocenters. The number of aliphatic imine (C=N–C) groups is 1. The molecular weight excluding hydrogens is 314 g/mol. The number of aryl methyl sites for hydroxylation is 2. The van der Waals surface area contributed by atoms with Crippen LogP contribution in [0.2, 0.25) is 0 Å². The molecule has 3 heterocycles. The third-order valence-corrected chi connectivity index (χ3v) is 5.02. The van der Waals surface area contributed by atoms with Crippen molar-refractivity contribution in [2.45, 2.75) is 32.2 Å².